The summed E-state index contributed by atoms with van der Waals surface area (Å²) in [7, 11) is 0. The number of hydrogen-bond acceptors (Lipinski definition) is 5. The third-order valence-electron chi connectivity index (χ3n) is 1.96. The Bertz CT molecular complexity index is 283. The maximum Gasteiger partial charge on any atom is 0.229 e. The molecule has 14 heavy (non-hydrogen) atoms. The second-order valence-corrected chi connectivity index (χ2v) is 3.73. The number of aromatic nitrogens is 2. The van der Waals surface area contributed by atoms with E-state index in [4.69, 9.17) is 10.3 Å². The lowest BCUT2D eigenvalue weighted by atomic mass is 10.0. The van der Waals surface area contributed by atoms with Gasteiger partial charge >= 0.3 is 0 Å². The molecule has 1 aromatic heterocycles. The molecule has 0 aromatic carbocycles. The Kier molecular flexibility index (Phi) is 3.60. The smallest absolute Gasteiger partial charge is 0.229 e. The topological polar surface area (TPSA) is 85.2 Å². The molecule has 1 atom stereocenters. The minimum Gasteiger partial charge on any atom is -0.388 e. The highest BCUT2D eigenvalue weighted by Gasteiger charge is 2.22. The van der Waals surface area contributed by atoms with E-state index in [1.165, 1.54) is 0 Å². The van der Waals surface area contributed by atoms with Crippen molar-refractivity contribution >= 4 is 0 Å². The summed E-state index contributed by atoms with van der Waals surface area (Å²) >= 11 is 0. The Balaban J connectivity index is 2.59. The SMILES string of the molecule is CCCc1noc(CC(C)(O)CN)n1. The lowest BCUT2D eigenvalue weighted by molar-refractivity contribution is 0.0610. The Hall–Kier alpha value is -0.940. The molecule has 0 saturated carbocycles. The van der Waals surface area contributed by atoms with Crippen molar-refractivity contribution in [1.82, 2.24) is 10.1 Å². The van der Waals surface area contributed by atoms with Crippen molar-refractivity contribution in [3.63, 3.8) is 0 Å². The van der Waals surface area contributed by atoms with E-state index in [1.807, 2.05) is 6.92 Å². The first-order chi connectivity index (χ1) is 6.57. The van der Waals surface area contributed by atoms with Crippen LogP contribution in [0.25, 0.3) is 0 Å². The van der Waals surface area contributed by atoms with Crippen LogP contribution < -0.4 is 5.73 Å². The molecule has 1 heterocycles. The van der Waals surface area contributed by atoms with E-state index in [-0.39, 0.29) is 6.54 Å². The van der Waals surface area contributed by atoms with Gasteiger partial charge in [-0.3, -0.25) is 0 Å². The molecule has 0 spiro atoms. The van der Waals surface area contributed by atoms with Crippen LogP contribution in [0.2, 0.25) is 0 Å². The molecule has 0 aliphatic carbocycles. The number of aliphatic hydroxyl groups is 1. The third-order valence-corrected chi connectivity index (χ3v) is 1.96. The molecule has 1 unspecified atom stereocenters. The average molecular weight is 199 g/mol. The van der Waals surface area contributed by atoms with Crippen molar-refractivity contribution in [3.8, 4) is 0 Å². The average Bonchev–Trinajstić information content (AvgIpc) is 2.53. The number of rotatable bonds is 5. The first kappa shape index (κ1) is 11.1. The first-order valence-corrected chi connectivity index (χ1v) is 4.81. The zero-order chi connectivity index (χ0) is 10.6. The van der Waals surface area contributed by atoms with Gasteiger partial charge in [-0.15, -0.1) is 0 Å². The molecule has 0 fully saturated rings. The summed E-state index contributed by atoms with van der Waals surface area (Å²) in [5.41, 5.74) is 4.42. The number of hydrogen-bond donors (Lipinski definition) is 2. The molecule has 80 valence electrons. The van der Waals surface area contributed by atoms with Crippen molar-refractivity contribution in [2.45, 2.75) is 38.7 Å². The van der Waals surface area contributed by atoms with Crippen LogP contribution in [-0.4, -0.2) is 27.4 Å². The molecule has 1 rings (SSSR count). The minimum absolute atomic E-state index is 0.179. The lowest BCUT2D eigenvalue weighted by Crippen LogP contribution is -2.36. The summed E-state index contributed by atoms with van der Waals surface area (Å²) in [5.74, 6) is 1.14. The maximum absolute atomic E-state index is 9.66. The molecule has 5 nitrogen and oxygen atoms in total. The molecule has 0 aliphatic rings. The number of nitrogens with two attached hydrogens (primary N) is 1. The molecule has 0 amide bonds. The maximum atomic E-state index is 9.66. The fraction of sp³-hybridized carbons (Fsp3) is 0.778. The van der Waals surface area contributed by atoms with Crippen molar-refractivity contribution in [2.75, 3.05) is 6.54 Å². The van der Waals surface area contributed by atoms with E-state index in [0.717, 1.165) is 12.8 Å². The van der Waals surface area contributed by atoms with Crippen LogP contribution in [0.5, 0.6) is 0 Å². The van der Waals surface area contributed by atoms with Gasteiger partial charge in [-0.25, -0.2) is 0 Å². The third kappa shape index (κ3) is 3.08. The van der Waals surface area contributed by atoms with Crippen LogP contribution in [0.1, 0.15) is 32.0 Å². The van der Waals surface area contributed by atoms with E-state index in [2.05, 4.69) is 10.1 Å². The standard InChI is InChI=1S/C9H17N3O2/c1-3-4-7-11-8(14-12-7)5-9(2,13)6-10/h13H,3-6,10H2,1-2H3. The van der Waals surface area contributed by atoms with Gasteiger partial charge in [0.2, 0.25) is 5.89 Å². The molecule has 3 N–H and O–H groups in total. The fourth-order valence-corrected chi connectivity index (χ4v) is 1.09. The van der Waals surface area contributed by atoms with Gasteiger partial charge < -0.3 is 15.4 Å². The van der Waals surface area contributed by atoms with Gasteiger partial charge in [0.1, 0.15) is 0 Å². The summed E-state index contributed by atoms with van der Waals surface area (Å²) in [6.45, 7) is 3.88. The van der Waals surface area contributed by atoms with Gasteiger partial charge in [-0.2, -0.15) is 4.98 Å². The minimum atomic E-state index is -0.962. The van der Waals surface area contributed by atoms with Crippen LogP contribution in [0.4, 0.5) is 0 Å². The Labute approximate surface area is 83.3 Å². The zero-order valence-electron chi connectivity index (χ0n) is 8.66. The molecule has 0 saturated heterocycles. The van der Waals surface area contributed by atoms with Crippen molar-refractivity contribution in [1.29, 1.82) is 0 Å². The molecular formula is C9H17N3O2. The number of nitrogens with zero attached hydrogens (tertiary/aromatic N) is 2. The van der Waals surface area contributed by atoms with Gasteiger partial charge in [0, 0.05) is 13.0 Å². The molecule has 1 aromatic rings. The van der Waals surface area contributed by atoms with Gasteiger partial charge in [-0.1, -0.05) is 12.1 Å². The van der Waals surface area contributed by atoms with Gasteiger partial charge in [0.15, 0.2) is 5.82 Å². The predicted octanol–water partition coefficient (Wildman–Crippen LogP) is 0.274. The van der Waals surface area contributed by atoms with Gasteiger partial charge in [-0.05, 0) is 13.3 Å². The Morgan fingerprint density at radius 2 is 2.29 bits per heavy atom. The normalized spacial score (nSPS) is 15.4. The van der Waals surface area contributed by atoms with E-state index < -0.39 is 5.60 Å². The summed E-state index contributed by atoms with van der Waals surface area (Å²) in [6.07, 6.45) is 2.08. The van der Waals surface area contributed by atoms with Crippen molar-refractivity contribution in [2.24, 2.45) is 5.73 Å². The highest BCUT2D eigenvalue weighted by molar-refractivity contribution is 4.92. The van der Waals surface area contributed by atoms with Crippen LogP contribution in [0.3, 0.4) is 0 Å². The first-order valence-electron chi connectivity index (χ1n) is 4.81. The van der Waals surface area contributed by atoms with Crippen LogP contribution in [-0.2, 0) is 12.8 Å². The fourth-order valence-electron chi connectivity index (χ4n) is 1.09. The summed E-state index contributed by atoms with van der Waals surface area (Å²) in [6, 6.07) is 0. The Morgan fingerprint density at radius 1 is 1.57 bits per heavy atom. The molecule has 0 aliphatic heterocycles. The van der Waals surface area contributed by atoms with E-state index in [9.17, 15) is 5.11 Å². The van der Waals surface area contributed by atoms with E-state index in [1.54, 1.807) is 6.92 Å². The molecular weight excluding hydrogens is 182 g/mol. The lowest BCUT2D eigenvalue weighted by Gasteiger charge is -2.17. The molecule has 0 radical (unpaired) electrons. The molecule has 0 bridgehead atoms. The van der Waals surface area contributed by atoms with Crippen LogP contribution in [0, 0.1) is 0 Å². The summed E-state index contributed by atoms with van der Waals surface area (Å²) < 4.78 is 4.98. The second-order valence-electron chi connectivity index (χ2n) is 3.73. The van der Waals surface area contributed by atoms with E-state index in [0.29, 0.717) is 18.1 Å². The van der Waals surface area contributed by atoms with Crippen molar-refractivity contribution < 1.29 is 9.63 Å². The van der Waals surface area contributed by atoms with E-state index >= 15 is 0 Å². The number of aryl methyl sites for hydroxylation is 1. The molecule has 5 heteroatoms. The highest BCUT2D eigenvalue weighted by Crippen LogP contribution is 2.10. The summed E-state index contributed by atoms with van der Waals surface area (Å²) in [4.78, 5) is 4.14. The highest BCUT2D eigenvalue weighted by atomic mass is 16.5. The van der Waals surface area contributed by atoms with Crippen molar-refractivity contribution in [3.05, 3.63) is 11.7 Å². The second kappa shape index (κ2) is 4.52. The predicted molar refractivity (Wildman–Crippen MR) is 51.7 cm³/mol. The van der Waals surface area contributed by atoms with Crippen LogP contribution in [0.15, 0.2) is 4.52 Å². The monoisotopic (exact) mass is 199 g/mol. The quantitative estimate of drug-likeness (QED) is 0.711. The zero-order valence-corrected chi connectivity index (χ0v) is 8.66. The van der Waals surface area contributed by atoms with Crippen LogP contribution >= 0.6 is 0 Å². The summed E-state index contributed by atoms with van der Waals surface area (Å²) in [5, 5.41) is 13.4. The Morgan fingerprint density at radius 3 is 2.86 bits per heavy atom. The van der Waals surface area contributed by atoms with Gasteiger partial charge in [0.05, 0.1) is 12.0 Å². The van der Waals surface area contributed by atoms with Gasteiger partial charge in [0.25, 0.3) is 0 Å². The largest absolute Gasteiger partial charge is 0.388 e.